The molecule has 3 heteroatoms. The fourth-order valence-electron chi connectivity index (χ4n) is 2.42. The molecule has 0 aliphatic heterocycles. The van der Waals surface area contributed by atoms with Crippen LogP contribution in [0.4, 0.5) is 4.39 Å². The van der Waals surface area contributed by atoms with Crippen molar-refractivity contribution in [1.82, 2.24) is 4.98 Å². The number of pyridine rings is 1. The van der Waals surface area contributed by atoms with Crippen molar-refractivity contribution in [1.29, 1.82) is 0 Å². The molecular formula is C23H20FNO. The second kappa shape index (κ2) is 7.41. The fraction of sp³-hybridized carbons (Fsp3) is 0.174. The quantitative estimate of drug-likeness (QED) is 0.575. The van der Waals surface area contributed by atoms with Crippen LogP contribution >= 0.6 is 0 Å². The lowest BCUT2D eigenvalue weighted by Crippen LogP contribution is -2.23. The van der Waals surface area contributed by atoms with E-state index >= 15 is 0 Å². The molecule has 2 nitrogen and oxygen atoms in total. The number of aromatic nitrogens is 1. The van der Waals surface area contributed by atoms with E-state index in [1.165, 1.54) is 12.1 Å². The van der Waals surface area contributed by atoms with Crippen molar-refractivity contribution in [3.63, 3.8) is 0 Å². The highest BCUT2D eigenvalue weighted by Gasteiger charge is 2.13. The molecule has 3 aromatic rings. The lowest BCUT2D eigenvalue weighted by molar-refractivity contribution is 0.124. The van der Waals surface area contributed by atoms with Crippen LogP contribution in [0, 0.1) is 17.7 Å². The van der Waals surface area contributed by atoms with Gasteiger partial charge in [-0.05, 0) is 57.2 Å². The SMILES string of the molecule is CC(C)(C)Oc1cccc(-c2ccccc2C#Cc2ccc(F)cc2)n1. The Morgan fingerprint density at radius 3 is 2.31 bits per heavy atom. The molecule has 0 bridgehead atoms. The molecule has 3 rings (SSSR count). The minimum Gasteiger partial charge on any atom is -0.472 e. The molecule has 0 aliphatic carbocycles. The van der Waals surface area contributed by atoms with Crippen LogP contribution in [0.15, 0.2) is 66.7 Å². The van der Waals surface area contributed by atoms with Gasteiger partial charge in [-0.3, -0.25) is 0 Å². The molecule has 0 aliphatic rings. The first-order valence-electron chi connectivity index (χ1n) is 8.44. The van der Waals surface area contributed by atoms with Gasteiger partial charge in [-0.15, -0.1) is 0 Å². The molecule has 0 saturated heterocycles. The average molecular weight is 345 g/mol. The highest BCUT2D eigenvalue weighted by atomic mass is 19.1. The van der Waals surface area contributed by atoms with Crippen LogP contribution < -0.4 is 4.74 Å². The van der Waals surface area contributed by atoms with Gasteiger partial charge in [0.15, 0.2) is 0 Å². The highest BCUT2D eigenvalue weighted by Crippen LogP contribution is 2.24. The minimum absolute atomic E-state index is 0.268. The van der Waals surface area contributed by atoms with Gasteiger partial charge in [0.2, 0.25) is 5.88 Å². The van der Waals surface area contributed by atoms with Gasteiger partial charge in [0.1, 0.15) is 11.4 Å². The summed E-state index contributed by atoms with van der Waals surface area (Å²) < 4.78 is 18.9. The smallest absolute Gasteiger partial charge is 0.214 e. The zero-order chi connectivity index (χ0) is 18.6. The van der Waals surface area contributed by atoms with Gasteiger partial charge >= 0.3 is 0 Å². The molecule has 0 unspecified atom stereocenters. The molecule has 0 atom stereocenters. The second-order valence-electron chi connectivity index (χ2n) is 6.88. The first-order valence-corrected chi connectivity index (χ1v) is 8.44. The summed E-state index contributed by atoms with van der Waals surface area (Å²) in [5, 5.41) is 0. The van der Waals surface area contributed by atoms with Crippen LogP contribution in [-0.4, -0.2) is 10.6 Å². The topological polar surface area (TPSA) is 22.1 Å². The van der Waals surface area contributed by atoms with Crippen molar-refractivity contribution in [3.05, 3.63) is 83.7 Å². The van der Waals surface area contributed by atoms with Gasteiger partial charge in [-0.1, -0.05) is 36.1 Å². The second-order valence-corrected chi connectivity index (χ2v) is 6.88. The summed E-state index contributed by atoms with van der Waals surface area (Å²) in [6.45, 7) is 5.97. The summed E-state index contributed by atoms with van der Waals surface area (Å²) in [6.07, 6.45) is 0. The summed E-state index contributed by atoms with van der Waals surface area (Å²) in [5.74, 6) is 6.55. The van der Waals surface area contributed by atoms with Gasteiger partial charge in [0.05, 0.1) is 5.69 Å². The molecule has 26 heavy (non-hydrogen) atoms. The van der Waals surface area contributed by atoms with E-state index in [0.717, 1.165) is 22.4 Å². The third-order valence-electron chi connectivity index (χ3n) is 3.52. The number of nitrogens with zero attached hydrogens (tertiary/aromatic N) is 1. The first kappa shape index (κ1) is 17.7. The Morgan fingerprint density at radius 1 is 0.846 bits per heavy atom. The van der Waals surface area contributed by atoms with E-state index in [9.17, 15) is 4.39 Å². The van der Waals surface area contributed by atoms with E-state index in [1.54, 1.807) is 12.1 Å². The van der Waals surface area contributed by atoms with Crippen LogP contribution in [0.2, 0.25) is 0 Å². The van der Waals surface area contributed by atoms with Crippen molar-refractivity contribution in [2.45, 2.75) is 26.4 Å². The molecule has 1 heterocycles. The lowest BCUT2D eigenvalue weighted by atomic mass is 10.0. The largest absolute Gasteiger partial charge is 0.472 e. The van der Waals surface area contributed by atoms with Crippen LogP contribution in [0.3, 0.4) is 0 Å². The monoisotopic (exact) mass is 345 g/mol. The number of rotatable bonds is 2. The van der Waals surface area contributed by atoms with E-state index in [0.29, 0.717) is 5.88 Å². The Bertz CT molecular complexity index is 960. The maximum absolute atomic E-state index is 13.0. The molecule has 0 amide bonds. The average Bonchev–Trinajstić information content (AvgIpc) is 2.60. The van der Waals surface area contributed by atoms with Gasteiger partial charge in [0, 0.05) is 22.8 Å². The van der Waals surface area contributed by atoms with Crippen molar-refractivity contribution in [3.8, 4) is 29.0 Å². The maximum Gasteiger partial charge on any atom is 0.214 e. The maximum atomic E-state index is 13.0. The number of benzene rings is 2. The molecule has 0 N–H and O–H groups in total. The van der Waals surface area contributed by atoms with Gasteiger partial charge in [0.25, 0.3) is 0 Å². The van der Waals surface area contributed by atoms with E-state index < -0.39 is 0 Å². The molecule has 130 valence electrons. The molecule has 1 aromatic heterocycles. The molecule has 0 fully saturated rings. The molecule has 0 saturated carbocycles. The number of ether oxygens (including phenoxy) is 1. The van der Waals surface area contributed by atoms with Crippen molar-refractivity contribution < 1.29 is 9.13 Å². The minimum atomic E-state index is -0.312. The van der Waals surface area contributed by atoms with Gasteiger partial charge in [-0.25, -0.2) is 9.37 Å². The molecule has 2 aromatic carbocycles. The van der Waals surface area contributed by atoms with Crippen molar-refractivity contribution in [2.75, 3.05) is 0 Å². The van der Waals surface area contributed by atoms with Crippen LogP contribution in [0.5, 0.6) is 5.88 Å². The van der Waals surface area contributed by atoms with Gasteiger partial charge in [-0.2, -0.15) is 0 Å². The van der Waals surface area contributed by atoms with Crippen LogP contribution in [-0.2, 0) is 0 Å². The van der Waals surface area contributed by atoms with Gasteiger partial charge < -0.3 is 4.74 Å². The molecule has 0 radical (unpaired) electrons. The third-order valence-corrected chi connectivity index (χ3v) is 3.52. The third kappa shape index (κ3) is 4.70. The first-order chi connectivity index (χ1) is 12.4. The Kier molecular flexibility index (Phi) is 5.04. The van der Waals surface area contributed by atoms with Crippen molar-refractivity contribution in [2.24, 2.45) is 0 Å². The number of hydrogen-bond acceptors (Lipinski definition) is 2. The molecular weight excluding hydrogens is 325 g/mol. The predicted molar refractivity (Wildman–Crippen MR) is 102 cm³/mol. The van der Waals surface area contributed by atoms with E-state index in [-0.39, 0.29) is 11.4 Å². The summed E-state index contributed by atoms with van der Waals surface area (Å²) in [7, 11) is 0. The van der Waals surface area contributed by atoms with E-state index in [1.807, 2.05) is 63.2 Å². The highest BCUT2D eigenvalue weighted by molar-refractivity contribution is 5.69. The zero-order valence-electron chi connectivity index (χ0n) is 15.1. The lowest BCUT2D eigenvalue weighted by Gasteiger charge is -2.20. The van der Waals surface area contributed by atoms with E-state index in [4.69, 9.17) is 4.74 Å². The summed E-state index contributed by atoms with van der Waals surface area (Å²) >= 11 is 0. The number of hydrogen-bond donors (Lipinski definition) is 0. The van der Waals surface area contributed by atoms with Crippen molar-refractivity contribution >= 4 is 0 Å². The Hall–Kier alpha value is -3.12. The summed E-state index contributed by atoms with van der Waals surface area (Å²) in [6, 6.07) is 19.7. The van der Waals surface area contributed by atoms with Crippen LogP contribution in [0.1, 0.15) is 31.9 Å². The Labute approximate surface area is 153 Å². The zero-order valence-corrected chi connectivity index (χ0v) is 15.1. The predicted octanol–water partition coefficient (Wildman–Crippen LogP) is 5.46. The normalized spacial score (nSPS) is 10.8. The fourth-order valence-corrected chi connectivity index (χ4v) is 2.42. The number of halogens is 1. The molecule has 0 spiro atoms. The Balaban J connectivity index is 1.95. The van der Waals surface area contributed by atoms with Crippen LogP contribution in [0.25, 0.3) is 11.3 Å². The summed E-state index contributed by atoms with van der Waals surface area (Å²) in [5.41, 5.74) is 3.04. The van der Waals surface area contributed by atoms with E-state index in [2.05, 4.69) is 16.8 Å². The Morgan fingerprint density at radius 2 is 1.58 bits per heavy atom. The summed E-state index contributed by atoms with van der Waals surface area (Å²) in [4.78, 5) is 4.62. The standard InChI is InChI=1S/C23H20FNO/c1-23(2,3)26-22-10-6-9-21(25-22)20-8-5-4-7-18(20)14-11-17-12-15-19(24)16-13-17/h4-10,12-13,15-16H,1-3H3.